The summed E-state index contributed by atoms with van der Waals surface area (Å²) in [6, 6.07) is 4.27. The van der Waals surface area contributed by atoms with Gasteiger partial charge in [-0.15, -0.1) is 0 Å². The van der Waals surface area contributed by atoms with E-state index in [0.717, 1.165) is 0 Å². The molecule has 0 bridgehead atoms. The van der Waals surface area contributed by atoms with Gasteiger partial charge in [-0.2, -0.15) is 0 Å². The van der Waals surface area contributed by atoms with Crippen LogP contribution in [0.5, 0.6) is 0 Å². The molecule has 1 aromatic carbocycles. The van der Waals surface area contributed by atoms with E-state index in [1.54, 1.807) is 17.0 Å². The van der Waals surface area contributed by atoms with E-state index in [-0.39, 0.29) is 17.6 Å². The van der Waals surface area contributed by atoms with Crippen LogP contribution in [0, 0.1) is 5.82 Å². The third-order valence-electron chi connectivity index (χ3n) is 3.07. The van der Waals surface area contributed by atoms with Crippen molar-refractivity contribution in [1.82, 2.24) is 10.2 Å². The van der Waals surface area contributed by atoms with Crippen molar-refractivity contribution in [2.75, 3.05) is 26.3 Å². The normalized spacial score (nSPS) is 14.9. The highest BCUT2D eigenvalue weighted by Crippen LogP contribution is 2.10. The Labute approximate surface area is 121 Å². The van der Waals surface area contributed by atoms with Crippen LogP contribution in [0.3, 0.4) is 0 Å². The molecule has 0 aromatic heterocycles. The number of ether oxygens (including phenoxy) is 1. The second-order valence-electron chi connectivity index (χ2n) is 4.43. The zero-order valence-electron chi connectivity index (χ0n) is 10.9. The lowest BCUT2D eigenvalue weighted by Gasteiger charge is -2.27. The van der Waals surface area contributed by atoms with Crippen LogP contribution in [-0.4, -0.2) is 42.2 Å². The summed E-state index contributed by atoms with van der Waals surface area (Å²) in [4.78, 5) is 13.6. The topological polar surface area (TPSA) is 67.6 Å². The Bertz CT molecular complexity index is 518. The number of nitrogens with zero attached hydrogens (tertiary/aromatic N) is 1. The van der Waals surface area contributed by atoms with Gasteiger partial charge in [0.25, 0.3) is 0 Å². The molecule has 1 fully saturated rings. The zero-order chi connectivity index (χ0) is 14.5. The summed E-state index contributed by atoms with van der Waals surface area (Å²) in [7, 11) is 0. The third-order valence-corrected chi connectivity index (χ3v) is 3.30. The van der Waals surface area contributed by atoms with Crippen molar-refractivity contribution in [3.05, 3.63) is 35.1 Å². The van der Waals surface area contributed by atoms with Crippen molar-refractivity contribution in [2.24, 2.45) is 5.73 Å². The molecule has 1 aliphatic rings. The molecule has 0 saturated carbocycles. The lowest BCUT2D eigenvalue weighted by Crippen LogP contribution is -2.45. The van der Waals surface area contributed by atoms with Gasteiger partial charge in [0.1, 0.15) is 10.8 Å². The number of carbonyl (C=O) groups is 1. The number of benzene rings is 1. The quantitative estimate of drug-likeness (QED) is 0.817. The number of halogens is 1. The van der Waals surface area contributed by atoms with Crippen LogP contribution >= 0.6 is 12.2 Å². The van der Waals surface area contributed by atoms with Gasteiger partial charge in [0.2, 0.25) is 0 Å². The molecule has 2 rings (SSSR count). The fraction of sp³-hybridized carbons (Fsp3) is 0.385. The molecular weight excluding hydrogens is 281 g/mol. The van der Waals surface area contributed by atoms with Crippen LogP contribution in [0.1, 0.15) is 11.1 Å². The Morgan fingerprint density at radius 3 is 2.75 bits per heavy atom. The SMILES string of the molecule is NC(=S)c1ccc(CNC(=O)N2CCOCC2)c(F)c1. The molecule has 7 heteroatoms. The number of thiocarbonyl (C=S) groups is 1. The van der Waals surface area contributed by atoms with E-state index in [1.807, 2.05) is 0 Å². The highest BCUT2D eigenvalue weighted by molar-refractivity contribution is 7.80. The summed E-state index contributed by atoms with van der Waals surface area (Å²) in [5, 5.41) is 2.69. The van der Waals surface area contributed by atoms with Crippen LogP contribution in [0.4, 0.5) is 9.18 Å². The fourth-order valence-corrected chi connectivity index (χ4v) is 2.02. The Hall–Kier alpha value is -1.73. The molecule has 0 aliphatic carbocycles. The molecule has 5 nitrogen and oxygen atoms in total. The monoisotopic (exact) mass is 297 g/mol. The first-order valence-corrected chi connectivity index (χ1v) is 6.67. The molecule has 1 aliphatic heterocycles. The maximum Gasteiger partial charge on any atom is 0.317 e. The molecule has 1 aromatic rings. The Morgan fingerprint density at radius 1 is 1.45 bits per heavy atom. The summed E-state index contributed by atoms with van der Waals surface area (Å²) in [6.45, 7) is 2.29. The number of amides is 2. The van der Waals surface area contributed by atoms with Crippen LogP contribution < -0.4 is 11.1 Å². The summed E-state index contributed by atoms with van der Waals surface area (Å²) < 4.78 is 19.0. The minimum atomic E-state index is -0.433. The smallest absolute Gasteiger partial charge is 0.317 e. The predicted molar refractivity (Wildman–Crippen MR) is 76.9 cm³/mol. The minimum absolute atomic E-state index is 0.125. The highest BCUT2D eigenvalue weighted by Gasteiger charge is 2.16. The first kappa shape index (κ1) is 14.7. The van der Waals surface area contributed by atoms with Gasteiger partial charge >= 0.3 is 6.03 Å². The molecule has 2 amide bonds. The molecule has 0 atom stereocenters. The molecule has 1 heterocycles. The number of nitrogens with two attached hydrogens (primary N) is 1. The number of hydrogen-bond acceptors (Lipinski definition) is 3. The molecule has 0 spiro atoms. The van der Waals surface area contributed by atoms with E-state index in [1.165, 1.54) is 6.07 Å². The van der Waals surface area contributed by atoms with E-state index in [0.29, 0.717) is 37.4 Å². The predicted octanol–water partition coefficient (Wildman–Crippen LogP) is 1.00. The van der Waals surface area contributed by atoms with Gasteiger partial charge in [0.05, 0.1) is 13.2 Å². The number of nitrogens with one attached hydrogen (secondary N) is 1. The molecular formula is C13H16FN3O2S. The zero-order valence-corrected chi connectivity index (χ0v) is 11.7. The fourth-order valence-electron chi connectivity index (χ4n) is 1.89. The number of morpholine rings is 1. The van der Waals surface area contributed by atoms with Crippen LogP contribution in [0.15, 0.2) is 18.2 Å². The number of rotatable bonds is 3. The van der Waals surface area contributed by atoms with Crippen molar-refractivity contribution in [2.45, 2.75) is 6.54 Å². The van der Waals surface area contributed by atoms with Crippen molar-refractivity contribution in [1.29, 1.82) is 0 Å². The van der Waals surface area contributed by atoms with E-state index >= 15 is 0 Å². The van der Waals surface area contributed by atoms with Gasteiger partial charge in [-0.3, -0.25) is 0 Å². The van der Waals surface area contributed by atoms with Crippen molar-refractivity contribution < 1.29 is 13.9 Å². The van der Waals surface area contributed by atoms with Gasteiger partial charge in [0.15, 0.2) is 0 Å². The third kappa shape index (κ3) is 3.64. The summed E-state index contributed by atoms with van der Waals surface area (Å²) in [5.74, 6) is -0.433. The maximum atomic E-state index is 13.8. The standard InChI is InChI=1S/C13H16FN3O2S/c14-11-7-9(12(15)20)1-2-10(11)8-16-13(18)17-3-5-19-6-4-17/h1-2,7H,3-6,8H2,(H2,15,20)(H,16,18). The Kier molecular flexibility index (Phi) is 4.86. The van der Waals surface area contributed by atoms with Crippen LogP contribution in [0.2, 0.25) is 0 Å². The molecule has 0 unspecified atom stereocenters. The average Bonchev–Trinajstić information content (AvgIpc) is 2.46. The molecule has 0 radical (unpaired) electrons. The maximum absolute atomic E-state index is 13.8. The average molecular weight is 297 g/mol. The molecule has 20 heavy (non-hydrogen) atoms. The van der Waals surface area contributed by atoms with Crippen molar-refractivity contribution in [3.63, 3.8) is 0 Å². The summed E-state index contributed by atoms with van der Waals surface area (Å²) in [6.07, 6.45) is 0. The first-order chi connectivity index (χ1) is 9.58. The van der Waals surface area contributed by atoms with Gasteiger partial charge in [-0.1, -0.05) is 24.4 Å². The van der Waals surface area contributed by atoms with E-state index < -0.39 is 5.82 Å². The second-order valence-corrected chi connectivity index (χ2v) is 4.87. The second kappa shape index (κ2) is 6.62. The highest BCUT2D eigenvalue weighted by atomic mass is 32.1. The number of carbonyl (C=O) groups excluding carboxylic acids is 1. The molecule has 1 saturated heterocycles. The van der Waals surface area contributed by atoms with Gasteiger partial charge < -0.3 is 20.7 Å². The molecule has 3 N–H and O–H groups in total. The lowest BCUT2D eigenvalue weighted by atomic mass is 10.1. The lowest BCUT2D eigenvalue weighted by molar-refractivity contribution is 0.0531. The van der Waals surface area contributed by atoms with E-state index in [2.05, 4.69) is 5.32 Å². The largest absolute Gasteiger partial charge is 0.389 e. The van der Waals surface area contributed by atoms with Crippen LogP contribution in [0.25, 0.3) is 0 Å². The van der Waals surface area contributed by atoms with Crippen molar-refractivity contribution in [3.8, 4) is 0 Å². The van der Waals surface area contributed by atoms with Crippen molar-refractivity contribution >= 4 is 23.2 Å². The Morgan fingerprint density at radius 2 is 2.15 bits per heavy atom. The van der Waals surface area contributed by atoms with Gasteiger partial charge in [0, 0.05) is 30.8 Å². The number of urea groups is 1. The van der Waals surface area contributed by atoms with E-state index in [4.69, 9.17) is 22.7 Å². The minimum Gasteiger partial charge on any atom is -0.389 e. The van der Waals surface area contributed by atoms with Crippen LogP contribution in [-0.2, 0) is 11.3 Å². The molecule has 108 valence electrons. The Balaban J connectivity index is 1.93. The summed E-state index contributed by atoms with van der Waals surface area (Å²) in [5.41, 5.74) is 6.30. The van der Waals surface area contributed by atoms with E-state index in [9.17, 15) is 9.18 Å². The van der Waals surface area contributed by atoms with Gasteiger partial charge in [-0.05, 0) is 6.07 Å². The van der Waals surface area contributed by atoms with Gasteiger partial charge in [-0.25, -0.2) is 9.18 Å². The number of hydrogen-bond donors (Lipinski definition) is 2. The summed E-state index contributed by atoms with van der Waals surface area (Å²) >= 11 is 4.78. The first-order valence-electron chi connectivity index (χ1n) is 6.26.